The van der Waals surface area contributed by atoms with E-state index in [1.165, 1.54) is 4.31 Å². The van der Waals surface area contributed by atoms with Crippen LogP contribution in [0.2, 0.25) is 0 Å². The molecule has 150 valence electrons. The topological polar surface area (TPSA) is 66.5 Å². The number of benzene rings is 2. The van der Waals surface area contributed by atoms with Gasteiger partial charge in [-0.15, -0.1) is 0 Å². The maximum absolute atomic E-state index is 12.9. The number of nitrogens with zero attached hydrogens (tertiary/aromatic N) is 1. The first-order valence-electron chi connectivity index (χ1n) is 9.42. The van der Waals surface area contributed by atoms with E-state index in [2.05, 4.69) is 5.32 Å². The Hall–Kier alpha value is -1.83. The average Bonchev–Trinajstić information content (AvgIpc) is 2.71. The molecule has 0 saturated carbocycles. The molecule has 2 aromatic carbocycles. The van der Waals surface area contributed by atoms with Crippen molar-refractivity contribution in [2.24, 2.45) is 0 Å². The predicted octanol–water partition coefficient (Wildman–Crippen LogP) is 4.28. The van der Waals surface area contributed by atoms with Crippen LogP contribution in [-0.4, -0.2) is 38.0 Å². The van der Waals surface area contributed by atoms with Gasteiger partial charge in [-0.2, -0.15) is 16.1 Å². The Kier molecular flexibility index (Phi) is 6.80. The molecule has 1 fully saturated rings. The van der Waals surface area contributed by atoms with Crippen LogP contribution in [-0.2, 0) is 15.8 Å². The summed E-state index contributed by atoms with van der Waals surface area (Å²) >= 11 is 1.73. The maximum atomic E-state index is 12.9. The molecule has 7 heteroatoms. The summed E-state index contributed by atoms with van der Waals surface area (Å²) in [4.78, 5) is 12.8. The second-order valence-electron chi connectivity index (χ2n) is 7.03. The van der Waals surface area contributed by atoms with Crippen LogP contribution < -0.4 is 5.32 Å². The number of anilines is 1. The lowest BCUT2D eigenvalue weighted by Crippen LogP contribution is -2.35. The van der Waals surface area contributed by atoms with E-state index in [1.54, 1.807) is 42.1 Å². The Labute approximate surface area is 171 Å². The zero-order valence-corrected chi connectivity index (χ0v) is 17.9. The van der Waals surface area contributed by atoms with Crippen molar-refractivity contribution in [2.45, 2.75) is 36.8 Å². The van der Waals surface area contributed by atoms with Gasteiger partial charge in [0.05, 0.1) is 4.90 Å². The molecule has 2 aromatic rings. The zero-order valence-electron chi connectivity index (χ0n) is 16.3. The van der Waals surface area contributed by atoms with E-state index in [0.29, 0.717) is 24.3 Å². The number of carbonyl (C=O) groups excluding carboxylic acids is 1. The van der Waals surface area contributed by atoms with E-state index >= 15 is 0 Å². The van der Waals surface area contributed by atoms with Crippen LogP contribution in [0.4, 0.5) is 5.69 Å². The Balaban J connectivity index is 1.80. The summed E-state index contributed by atoms with van der Waals surface area (Å²) in [6, 6.07) is 12.4. The quantitative estimate of drug-likeness (QED) is 0.760. The summed E-state index contributed by atoms with van der Waals surface area (Å²) < 4.78 is 27.4. The van der Waals surface area contributed by atoms with Crippen LogP contribution in [0.15, 0.2) is 47.4 Å². The molecule has 1 amide bonds. The van der Waals surface area contributed by atoms with Crippen LogP contribution in [0, 0.1) is 6.92 Å². The van der Waals surface area contributed by atoms with Gasteiger partial charge in [-0.1, -0.05) is 24.6 Å². The first kappa shape index (κ1) is 20.9. The molecule has 0 spiro atoms. The van der Waals surface area contributed by atoms with E-state index in [9.17, 15) is 13.2 Å². The summed E-state index contributed by atoms with van der Waals surface area (Å²) in [6.45, 7) is 2.97. The monoisotopic (exact) mass is 418 g/mol. The smallest absolute Gasteiger partial charge is 0.255 e. The number of sulfonamides is 1. The van der Waals surface area contributed by atoms with Gasteiger partial charge < -0.3 is 5.32 Å². The first-order valence-corrected chi connectivity index (χ1v) is 12.3. The van der Waals surface area contributed by atoms with Gasteiger partial charge in [0, 0.05) is 30.1 Å². The number of piperidine rings is 1. The number of amides is 1. The Morgan fingerprint density at radius 1 is 1.07 bits per heavy atom. The maximum Gasteiger partial charge on any atom is 0.255 e. The molecule has 0 aliphatic carbocycles. The summed E-state index contributed by atoms with van der Waals surface area (Å²) in [5.74, 6) is 0.656. The number of hydrogen-bond donors (Lipinski definition) is 1. The molecular weight excluding hydrogens is 392 g/mol. The van der Waals surface area contributed by atoms with Crippen LogP contribution in [0.3, 0.4) is 0 Å². The van der Waals surface area contributed by atoms with Crippen molar-refractivity contribution in [3.63, 3.8) is 0 Å². The molecule has 0 aromatic heterocycles. The zero-order chi connectivity index (χ0) is 20.1. The third kappa shape index (κ3) is 4.77. The lowest BCUT2D eigenvalue weighted by atomic mass is 10.1. The van der Waals surface area contributed by atoms with Crippen LogP contribution >= 0.6 is 11.8 Å². The van der Waals surface area contributed by atoms with Crippen molar-refractivity contribution in [1.82, 2.24) is 4.31 Å². The highest BCUT2D eigenvalue weighted by Crippen LogP contribution is 2.25. The molecule has 0 unspecified atom stereocenters. The second kappa shape index (κ2) is 9.11. The largest absolute Gasteiger partial charge is 0.322 e. The van der Waals surface area contributed by atoms with Gasteiger partial charge in [0.25, 0.3) is 5.91 Å². The summed E-state index contributed by atoms with van der Waals surface area (Å²) in [6.07, 6.45) is 4.88. The number of thioether (sulfide) groups is 1. The summed E-state index contributed by atoms with van der Waals surface area (Å²) in [7, 11) is -3.53. The standard InChI is InChI=1S/C21H26N2O3S2/c1-16-6-11-19(28(25,26)23-12-4-3-5-13-23)14-20(16)22-21(24)18-9-7-17(8-10-18)15-27-2/h6-11,14H,3-5,12-13,15H2,1-2H3,(H,22,24). The first-order chi connectivity index (χ1) is 13.4. The van der Waals surface area contributed by atoms with Crippen molar-refractivity contribution in [3.05, 3.63) is 59.2 Å². The minimum absolute atomic E-state index is 0.227. The Morgan fingerprint density at radius 3 is 2.39 bits per heavy atom. The van der Waals surface area contributed by atoms with Gasteiger partial charge in [-0.25, -0.2) is 8.42 Å². The minimum atomic E-state index is -3.53. The van der Waals surface area contributed by atoms with Crippen LogP contribution in [0.1, 0.15) is 40.7 Å². The van der Waals surface area contributed by atoms with Gasteiger partial charge in [-0.3, -0.25) is 4.79 Å². The Bertz CT molecular complexity index is 935. The van der Waals surface area contributed by atoms with Crippen LogP contribution in [0.5, 0.6) is 0 Å². The SMILES string of the molecule is CSCc1ccc(C(=O)Nc2cc(S(=O)(=O)N3CCCCC3)ccc2C)cc1. The fraction of sp³-hybridized carbons (Fsp3) is 0.381. The summed E-state index contributed by atoms with van der Waals surface area (Å²) in [5.41, 5.74) is 3.06. The molecule has 1 aliphatic rings. The van der Waals surface area contributed by atoms with Crippen LogP contribution in [0.25, 0.3) is 0 Å². The third-order valence-corrected chi connectivity index (χ3v) is 7.45. The molecule has 1 N–H and O–H groups in total. The molecule has 28 heavy (non-hydrogen) atoms. The molecule has 0 atom stereocenters. The highest BCUT2D eigenvalue weighted by atomic mass is 32.2. The van der Waals surface area contributed by atoms with Gasteiger partial charge >= 0.3 is 0 Å². The van der Waals surface area contributed by atoms with E-state index in [1.807, 2.05) is 25.3 Å². The molecule has 1 heterocycles. The van der Waals surface area contributed by atoms with Gasteiger partial charge in [0.15, 0.2) is 0 Å². The van der Waals surface area contributed by atoms with Crippen molar-refractivity contribution >= 4 is 33.4 Å². The Morgan fingerprint density at radius 2 is 1.75 bits per heavy atom. The summed E-state index contributed by atoms with van der Waals surface area (Å²) in [5, 5.41) is 2.87. The van der Waals surface area contributed by atoms with Gasteiger partial charge in [0.1, 0.15) is 0 Å². The second-order valence-corrected chi connectivity index (χ2v) is 9.83. The molecule has 3 rings (SSSR count). The van der Waals surface area contributed by atoms with Crippen molar-refractivity contribution in [3.8, 4) is 0 Å². The number of rotatable bonds is 6. The van der Waals surface area contributed by atoms with E-state index in [-0.39, 0.29) is 10.8 Å². The van der Waals surface area contributed by atoms with Crippen molar-refractivity contribution < 1.29 is 13.2 Å². The number of carbonyl (C=O) groups is 1. The number of hydrogen-bond acceptors (Lipinski definition) is 4. The van der Waals surface area contributed by atoms with E-state index in [0.717, 1.165) is 36.1 Å². The molecule has 0 bridgehead atoms. The number of aryl methyl sites for hydroxylation is 1. The molecule has 0 radical (unpaired) electrons. The average molecular weight is 419 g/mol. The fourth-order valence-corrected chi connectivity index (χ4v) is 5.33. The lowest BCUT2D eigenvalue weighted by molar-refractivity contribution is 0.102. The van der Waals surface area contributed by atoms with Gasteiger partial charge in [0.2, 0.25) is 10.0 Å². The molecule has 5 nitrogen and oxygen atoms in total. The third-order valence-electron chi connectivity index (χ3n) is 4.94. The van der Waals surface area contributed by atoms with Gasteiger partial charge in [-0.05, 0) is 61.4 Å². The fourth-order valence-electron chi connectivity index (χ4n) is 3.26. The highest BCUT2D eigenvalue weighted by molar-refractivity contribution is 7.97. The molecular formula is C21H26N2O3S2. The predicted molar refractivity (Wildman–Crippen MR) is 115 cm³/mol. The normalized spacial score (nSPS) is 15.4. The minimum Gasteiger partial charge on any atom is -0.322 e. The van der Waals surface area contributed by atoms with E-state index < -0.39 is 10.0 Å². The lowest BCUT2D eigenvalue weighted by Gasteiger charge is -2.26. The van der Waals surface area contributed by atoms with Crippen molar-refractivity contribution in [1.29, 1.82) is 0 Å². The molecule has 1 aliphatic heterocycles. The van der Waals surface area contributed by atoms with Crippen molar-refractivity contribution in [2.75, 3.05) is 24.7 Å². The number of nitrogens with one attached hydrogen (secondary N) is 1. The highest BCUT2D eigenvalue weighted by Gasteiger charge is 2.26. The molecule has 1 saturated heterocycles. The van der Waals surface area contributed by atoms with E-state index in [4.69, 9.17) is 0 Å².